The molecule has 0 aliphatic carbocycles. The largest absolute Gasteiger partial charge is 0.394 e. The van der Waals surface area contributed by atoms with Crippen molar-refractivity contribution in [1.82, 2.24) is 9.13 Å². The van der Waals surface area contributed by atoms with E-state index in [2.05, 4.69) is 0 Å². The van der Waals surface area contributed by atoms with Crippen LogP contribution in [-0.2, 0) is 9.53 Å². The van der Waals surface area contributed by atoms with Gasteiger partial charge in [0, 0.05) is 24.4 Å². The van der Waals surface area contributed by atoms with Crippen LogP contribution in [0.1, 0.15) is 18.2 Å². The number of carbonyl (C=O) groups is 1. The molecule has 0 unspecified atom stereocenters. The van der Waals surface area contributed by atoms with E-state index < -0.39 is 29.7 Å². The summed E-state index contributed by atoms with van der Waals surface area (Å²) < 4.78 is 7.37. The van der Waals surface area contributed by atoms with Crippen molar-refractivity contribution in [3.63, 3.8) is 0 Å². The van der Waals surface area contributed by atoms with E-state index in [9.17, 15) is 19.5 Å². The first-order valence-corrected chi connectivity index (χ1v) is 6.40. The second kappa shape index (κ2) is 6.17. The minimum atomic E-state index is -0.891. The number of hydrogen-bond donors (Lipinski definition) is 2. The normalized spacial score (nSPS) is 25.6. The number of aliphatic hydroxyl groups is 2. The molecular formula is C13H16N2O6. The van der Waals surface area contributed by atoms with E-state index in [1.165, 1.54) is 17.7 Å². The van der Waals surface area contributed by atoms with Crippen LogP contribution in [0.25, 0.3) is 6.20 Å². The van der Waals surface area contributed by atoms with Gasteiger partial charge in [-0.3, -0.25) is 14.2 Å². The quantitative estimate of drug-likeness (QED) is 0.524. The van der Waals surface area contributed by atoms with Crippen molar-refractivity contribution < 1.29 is 19.7 Å². The molecule has 0 saturated carbocycles. The topological polar surface area (TPSA) is 111 Å². The van der Waals surface area contributed by atoms with E-state index in [4.69, 9.17) is 9.84 Å². The monoisotopic (exact) mass is 296 g/mol. The molecule has 0 aromatic carbocycles. The van der Waals surface area contributed by atoms with Crippen LogP contribution >= 0.6 is 0 Å². The van der Waals surface area contributed by atoms with Gasteiger partial charge in [0.2, 0.25) is 0 Å². The number of hydrogen-bond acceptors (Lipinski definition) is 6. The van der Waals surface area contributed by atoms with Gasteiger partial charge in [0.15, 0.2) is 0 Å². The number of nitrogens with zero attached hydrogens (tertiary/aromatic N) is 2. The first-order valence-electron chi connectivity index (χ1n) is 6.40. The highest BCUT2D eigenvalue weighted by molar-refractivity contribution is 5.69. The first kappa shape index (κ1) is 15.4. The maximum Gasteiger partial charge on any atom is 0.337 e. The Bertz CT molecular complexity index is 674. The molecule has 8 nitrogen and oxygen atoms in total. The molecule has 0 bridgehead atoms. The Morgan fingerprint density at radius 2 is 2.19 bits per heavy atom. The molecule has 0 radical (unpaired) electrons. The molecule has 1 aliphatic rings. The predicted octanol–water partition coefficient (Wildman–Crippen LogP) is -1.37. The summed E-state index contributed by atoms with van der Waals surface area (Å²) in [6, 6.07) is 0. The summed E-state index contributed by atoms with van der Waals surface area (Å²) in [6.45, 7) is 1.16. The third-order valence-corrected chi connectivity index (χ3v) is 3.32. The van der Waals surface area contributed by atoms with Gasteiger partial charge in [0.05, 0.1) is 12.7 Å². The number of ether oxygens (including phenoxy) is 1. The number of aromatic nitrogens is 2. The molecule has 2 heterocycles. The number of carbonyl (C=O) groups excluding carboxylic acids is 1. The smallest absolute Gasteiger partial charge is 0.337 e. The van der Waals surface area contributed by atoms with Crippen LogP contribution in [0, 0.1) is 6.92 Å². The molecule has 1 aromatic heterocycles. The van der Waals surface area contributed by atoms with Gasteiger partial charge in [-0.15, -0.1) is 0 Å². The zero-order chi connectivity index (χ0) is 15.6. The van der Waals surface area contributed by atoms with Gasteiger partial charge in [-0.25, -0.2) is 9.36 Å². The fraction of sp³-hybridized carbons (Fsp3) is 0.462. The summed E-state index contributed by atoms with van der Waals surface area (Å²) in [5.74, 6) is 0. The van der Waals surface area contributed by atoms with Gasteiger partial charge in [0.25, 0.3) is 5.56 Å². The number of allylic oxidation sites excluding steroid dienone is 1. The Balaban J connectivity index is 2.49. The molecule has 1 fully saturated rings. The van der Waals surface area contributed by atoms with Crippen molar-refractivity contribution >= 4 is 12.5 Å². The summed E-state index contributed by atoms with van der Waals surface area (Å²) in [5, 5.41) is 18.8. The van der Waals surface area contributed by atoms with E-state index in [0.717, 1.165) is 16.8 Å². The van der Waals surface area contributed by atoms with Crippen LogP contribution in [0.2, 0.25) is 0 Å². The van der Waals surface area contributed by atoms with Gasteiger partial charge in [-0.2, -0.15) is 0 Å². The van der Waals surface area contributed by atoms with E-state index in [1.54, 1.807) is 0 Å². The SMILES string of the molecule is Cc1cn([C@@H]2C[C@H](O)[C@@H](CO)O2)c(=O)n(/C=C/C=O)c1=O. The molecule has 1 saturated heterocycles. The van der Waals surface area contributed by atoms with Crippen LogP contribution in [-0.4, -0.2) is 44.4 Å². The van der Waals surface area contributed by atoms with Crippen molar-refractivity contribution in [2.45, 2.75) is 31.8 Å². The van der Waals surface area contributed by atoms with Crippen LogP contribution in [0.3, 0.4) is 0 Å². The highest BCUT2D eigenvalue weighted by atomic mass is 16.5. The van der Waals surface area contributed by atoms with Crippen molar-refractivity contribution in [2.75, 3.05) is 6.61 Å². The molecule has 1 aromatic rings. The molecule has 114 valence electrons. The van der Waals surface area contributed by atoms with Gasteiger partial charge in [0.1, 0.15) is 18.6 Å². The highest BCUT2D eigenvalue weighted by Gasteiger charge is 2.35. The van der Waals surface area contributed by atoms with Crippen LogP contribution in [0.5, 0.6) is 0 Å². The summed E-state index contributed by atoms with van der Waals surface area (Å²) in [6.07, 6.45) is 1.60. The molecule has 21 heavy (non-hydrogen) atoms. The van der Waals surface area contributed by atoms with E-state index in [1.807, 2.05) is 0 Å². The highest BCUT2D eigenvalue weighted by Crippen LogP contribution is 2.27. The Morgan fingerprint density at radius 1 is 1.48 bits per heavy atom. The average molecular weight is 296 g/mol. The fourth-order valence-electron chi connectivity index (χ4n) is 2.23. The third kappa shape index (κ3) is 2.87. The molecular weight excluding hydrogens is 280 g/mol. The summed E-state index contributed by atoms with van der Waals surface area (Å²) in [7, 11) is 0. The molecule has 0 amide bonds. The molecule has 2 rings (SSSR count). The van der Waals surface area contributed by atoms with E-state index in [-0.39, 0.29) is 18.6 Å². The second-order valence-electron chi connectivity index (χ2n) is 4.77. The van der Waals surface area contributed by atoms with Gasteiger partial charge >= 0.3 is 5.69 Å². The zero-order valence-corrected chi connectivity index (χ0v) is 11.4. The minimum absolute atomic E-state index is 0.125. The molecule has 3 atom stereocenters. The molecule has 0 spiro atoms. The van der Waals surface area contributed by atoms with E-state index in [0.29, 0.717) is 6.29 Å². The fourth-order valence-corrected chi connectivity index (χ4v) is 2.23. The molecule has 1 aliphatic heterocycles. The molecule has 2 N–H and O–H groups in total. The number of rotatable bonds is 4. The van der Waals surface area contributed by atoms with Crippen molar-refractivity contribution in [3.8, 4) is 0 Å². The Labute approximate surface area is 119 Å². The summed E-state index contributed by atoms with van der Waals surface area (Å²) in [4.78, 5) is 34.5. The Morgan fingerprint density at radius 3 is 2.76 bits per heavy atom. The van der Waals surface area contributed by atoms with Crippen molar-refractivity contribution in [1.29, 1.82) is 0 Å². The van der Waals surface area contributed by atoms with Gasteiger partial charge < -0.3 is 14.9 Å². The number of aryl methyl sites for hydroxylation is 1. The first-order chi connectivity index (χ1) is 9.99. The van der Waals surface area contributed by atoms with Crippen molar-refractivity contribution in [2.24, 2.45) is 0 Å². The Kier molecular flexibility index (Phi) is 4.51. The number of aldehydes is 1. The lowest BCUT2D eigenvalue weighted by atomic mass is 10.2. The number of aliphatic hydroxyl groups excluding tert-OH is 2. The average Bonchev–Trinajstić information content (AvgIpc) is 2.84. The van der Waals surface area contributed by atoms with Crippen LogP contribution in [0.15, 0.2) is 21.9 Å². The van der Waals surface area contributed by atoms with Gasteiger partial charge in [-0.05, 0) is 13.0 Å². The lowest BCUT2D eigenvalue weighted by molar-refractivity contribution is -0.104. The second-order valence-corrected chi connectivity index (χ2v) is 4.77. The summed E-state index contributed by atoms with van der Waals surface area (Å²) >= 11 is 0. The van der Waals surface area contributed by atoms with Crippen LogP contribution < -0.4 is 11.2 Å². The lowest BCUT2D eigenvalue weighted by Crippen LogP contribution is -2.39. The minimum Gasteiger partial charge on any atom is -0.394 e. The Hall–Kier alpha value is -2.03. The van der Waals surface area contributed by atoms with E-state index >= 15 is 0 Å². The predicted molar refractivity (Wildman–Crippen MR) is 72.7 cm³/mol. The van der Waals surface area contributed by atoms with Gasteiger partial charge in [-0.1, -0.05) is 0 Å². The van der Waals surface area contributed by atoms with Crippen molar-refractivity contribution in [3.05, 3.63) is 38.7 Å². The molecule has 8 heteroatoms. The zero-order valence-electron chi connectivity index (χ0n) is 11.4. The maximum atomic E-state index is 12.3. The van der Waals surface area contributed by atoms with Crippen LogP contribution in [0.4, 0.5) is 0 Å². The summed E-state index contributed by atoms with van der Waals surface area (Å²) in [5.41, 5.74) is -0.929. The lowest BCUT2D eigenvalue weighted by Gasteiger charge is -2.16. The maximum absolute atomic E-state index is 12.3. The third-order valence-electron chi connectivity index (χ3n) is 3.32. The standard InChI is InChI=1S/C13H16N2O6/c1-8-6-15(11-5-9(18)10(7-17)21-11)13(20)14(12(8)19)3-2-4-16/h2-4,6,9-11,17-18H,5,7H2,1H3/b3-2+/t9-,10+,11-/m0/s1.